The lowest BCUT2D eigenvalue weighted by molar-refractivity contribution is 0.270. The smallest absolute Gasteiger partial charge is 0.101 e. The molecule has 0 saturated carbocycles. The van der Waals surface area contributed by atoms with E-state index in [1.807, 2.05) is 0 Å². The van der Waals surface area contributed by atoms with Crippen molar-refractivity contribution in [1.82, 2.24) is 4.90 Å². The van der Waals surface area contributed by atoms with Crippen molar-refractivity contribution < 1.29 is 0 Å². The summed E-state index contributed by atoms with van der Waals surface area (Å²) in [4.78, 5) is 2.15. The van der Waals surface area contributed by atoms with Gasteiger partial charge >= 0.3 is 0 Å². The van der Waals surface area contributed by atoms with Crippen LogP contribution < -0.4 is 5.73 Å². The van der Waals surface area contributed by atoms with E-state index < -0.39 is 0 Å². The molecule has 1 aliphatic rings. The van der Waals surface area contributed by atoms with E-state index in [4.69, 9.17) is 11.0 Å². The average Bonchev–Trinajstić information content (AvgIpc) is 2.27. The lowest BCUT2D eigenvalue weighted by Crippen LogP contribution is -2.39. The van der Waals surface area contributed by atoms with Crippen LogP contribution in [0.1, 0.15) is 12.8 Å². The fourth-order valence-corrected chi connectivity index (χ4v) is 1.76. The van der Waals surface area contributed by atoms with Crippen molar-refractivity contribution >= 4 is 0 Å². The zero-order valence-corrected chi connectivity index (χ0v) is 8.95. The molecule has 2 N–H and O–H groups in total. The summed E-state index contributed by atoms with van der Waals surface area (Å²) in [5, 5.41) is 8.93. The van der Waals surface area contributed by atoms with Gasteiger partial charge in [0.05, 0.1) is 11.3 Å². The SMILES string of the molecule is C=C/C(C#N)=C(\C=C)N1CCC(N)CC1. The molecular formula is C12H17N3. The number of rotatable bonds is 3. The Morgan fingerprint density at radius 1 is 1.33 bits per heavy atom. The second kappa shape index (κ2) is 5.38. The van der Waals surface area contributed by atoms with Gasteiger partial charge in [-0.1, -0.05) is 13.2 Å². The van der Waals surface area contributed by atoms with Crippen molar-refractivity contribution in [1.29, 1.82) is 5.26 Å². The third-order valence-corrected chi connectivity index (χ3v) is 2.67. The lowest BCUT2D eigenvalue weighted by Gasteiger charge is -2.33. The number of hydrogen-bond donors (Lipinski definition) is 1. The van der Waals surface area contributed by atoms with Crippen LogP contribution in [0, 0.1) is 11.3 Å². The molecule has 1 fully saturated rings. The molecule has 1 aliphatic heterocycles. The highest BCUT2D eigenvalue weighted by molar-refractivity contribution is 5.40. The molecule has 0 aliphatic carbocycles. The molecule has 0 aromatic carbocycles. The first-order chi connectivity index (χ1) is 7.22. The number of nitrogens with two attached hydrogens (primary N) is 1. The van der Waals surface area contributed by atoms with Gasteiger partial charge in [0.15, 0.2) is 0 Å². The minimum Gasteiger partial charge on any atom is -0.370 e. The minimum atomic E-state index is 0.293. The zero-order valence-electron chi connectivity index (χ0n) is 8.95. The maximum atomic E-state index is 8.93. The molecule has 0 radical (unpaired) electrons. The average molecular weight is 203 g/mol. The van der Waals surface area contributed by atoms with E-state index in [9.17, 15) is 0 Å². The van der Waals surface area contributed by atoms with Crippen molar-refractivity contribution in [2.75, 3.05) is 13.1 Å². The minimum absolute atomic E-state index is 0.293. The van der Waals surface area contributed by atoms with Crippen LogP contribution >= 0.6 is 0 Å². The Bertz CT molecular complexity index is 314. The van der Waals surface area contributed by atoms with Crippen LogP contribution in [0.2, 0.25) is 0 Å². The summed E-state index contributed by atoms with van der Waals surface area (Å²) in [5.74, 6) is 0. The van der Waals surface area contributed by atoms with Crippen LogP contribution in [0.15, 0.2) is 36.6 Å². The second-order valence-electron chi connectivity index (χ2n) is 3.64. The van der Waals surface area contributed by atoms with Crippen LogP contribution in [-0.2, 0) is 0 Å². The maximum absolute atomic E-state index is 8.93. The second-order valence-corrected chi connectivity index (χ2v) is 3.64. The van der Waals surface area contributed by atoms with E-state index in [0.717, 1.165) is 31.6 Å². The summed E-state index contributed by atoms with van der Waals surface area (Å²) in [6.07, 6.45) is 5.23. The van der Waals surface area contributed by atoms with Gasteiger partial charge in [-0.3, -0.25) is 0 Å². The fourth-order valence-electron chi connectivity index (χ4n) is 1.76. The molecule has 1 rings (SSSR count). The van der Waals surface area contributed by atoms with E-state index in [0.29, 0.717) is 11.6 Å². The van der Waals surface area contributed by atoms with E-state index in [2.05, 4.69) is 24.1 Å². The molecule has 0 atom stereocenters. The molecule has 0 amide bonds. The summed E-state index contributed by atoms with van der Waals surface area (Å²) >= 11 is 0. The first kappa shape index (κ1) is 11.5. The molecule has 3 heteroatoms. The van der Waals surface area contributed by atoms with Gasteiger partial charge in [0.25, 0.3) is 0 Å². The van der Waals surface area contributed by atoms with E-state index >= 15 is 0 Å². The standard InChI is InChI=1S/C12H17N3/c1-3-10(9-13)12(4-2)15-7-5-11(14)6-8-15/h3-4,11H,1-2,5-8,14H2/b12-10-. The van der Waals surface area contributed by atoms with Crippen LogP contribution in [0.5, 0.6) is 0 Å². The number of allylic oxidation sites excluding steroid dienone is 3. The summed E-state index contributed by atoms with van der Waals surface area (Å²) in [7, 11) is 0. The van der Waals surface area contributed by atoms with Gasteiger partial charge < -0.3 is 10.6 Å². The summed E-state index contributed by atoms with van der Waals surface area (Å²) < 4.78 is 0. The lowest BCUT2D eigenvalue weighted by atomic mass is 10.0. The molecule has 0 spiro atoms. The summed E-state index contributed by atoms with van der Waals surface area (Å²) in [6.45, 7) is 9.15. The van der Waals surface area contributed by atoms with E-state index in [-0.39, 0.29) is 0 Å². The van der Waals surface area contributed by atoms with Crippen LogP contribution in [0.3, 0.4) is 0 Å². The highest BCUT2D eigenvalue weighted by Gasteiger charge is 2.18. The van der Waals surface area contributed by atoms with Crippen molar-refractivity contribution in [3.05, 3.63) is 36.6 Å². The Balaban J connectivity index is 2.85. The Kier molecular flexibility index (Phi) is 4.14. The number of nitrogens with zero attached hydrogens (tertiary/aromatic N) is 2. The Morgan fingerprint density at radius 2 is 1.93 bits per heavy atom. The molecule has 1 heterocycles. The normalized spacial score (nSPS) is 19.1. The topological polar surface area (TPSA) is 53.0 Å². The number of hydrogen-bond acceptors (Lipinski definition) is 3. The van der Waals surface area contributed by atoms with Gasteiger partial charge in [0.2, 0.25) is 0 Å². The van der Waals surface area contributed by atoms with Gasteiger partial charge in [-0.2, -0.15) is 5.26 Å². The Labute approximate surface area is 91.2 Å². The van der Waals surface area contributed by atoms with Gasteiger partial charge in [-0.25, -0.2) is 0 Å². The largest absolute Gasteiger partial charge is 0.370 e. The first-order valence-corrected chi connectivity index (χ1v) is 5.12. The van der Waals surface area contributed by atoms with Crippen molar-refractivity contribution in [3.63, 3.8) is 0 Å². The predicted octanol–water partition coefficient (Wildman–Crippen LogP) is 1.56. The van der Waals surface area contributed by atoms with Crippen LogP contribution in [-0.4, -0.2) is 24.0 Å². The molecule has 3 nitrogen and oxygen atoms in total. The van der Waals surface area contributed by atoms with Crippen LogP contribution in [0.4, 0.5) is 0 Å². The molecule has 0 unspecified atom stereocenters. The monoisotopic (exact) mass is 203 g/mol. The molecule has 80 valence electrons. The summed E-state index contributed by atoms with van der Waals surface area (Å²) in [6, 6.07) is 2.42. The molecule has 1 saturated heterocycles. The van der Waals surface area contributed by atoms with Gasteiger partial charge in [0, 0.05) is 19.1 Å². The van der Waals surface area contributed by atoms with Crippen LogP contribution in [0.25, 0.3) is 0 Å². The van der Waals surface area contributed by atoms with Crippen molar-refractivity contribution in [3.8, 4) is 6.07 Å². The quantitative estimate of drug-likeness (QED) is 0.559. The number of likely N-dealkylation sites (tertiary alicyclic amines) is 1. The maximum Gasteiger partial charge on any atom is 0.101 e. The molecule has 0 bridgehead atoms. The van der Waals surface area contributed by atoms with E-state index in [1.54, 1.807) is 12.2 Å². The number of nitriles is 1. The van der Waals surface area contributed by atoms with Gasteiger partial charge in [-0.05, 0) is 25.0 Å². The third-order valence-electron chi connectivity index (χ3n) is 2.67. The van der Waals surface area contributed by atoms with Crippen molar-refractivity contribution in [2.24, 2.45) is 5.73 Å². The van der Waals surface area contributed by atoms with Crippen molar-refractivity contribution in [2.45, 2.75) is 18.9 Å². The molecule has 0 aromatic heterocycles. The van der Waals surface area contributed by atoms with Gasteiger partial charge in [-0.15, -0.1) is 0 Å². The Hall–Kier alpha value is -1.53. The zero-order chi connectivity index (χ0) is 11.3. The first-order valence-electron chi connectivity index (χ1n) is 5.12. The number of piperidine rings is 1. The molecule has 0 aromatic rings. The Morgan fingerprint density at radius 3 is 2.33 bits per heavy atom. The van der Waals surface area contributed by atoms with Gasteiger partial charge in [0.1, 0.15) is 6.07 Å². The molecular weight excluding hydrogens is 186 g/mol. The highest BCUT2D eigenvalue weighted by atomic mass is 15.1. The third kappa shape index (κ3) is 2.71. The van der Waals surface area contributed by atoms with E-state index in [1.165, 1.54) is 0 Å². The molecule has 15 heavy (non-hydrogen) atoms. The summed E-state index contributed by atoms with van der Waals surface area (Å²) in [5.41, 5.74) is 7.28. The highest BCUT2D eigenvalue weighted by Crippen LogP contribution is 2.18. The predicted molar refractivity (Wildman–Crippen MR) is 61.8 cm³/mol. The fraction of sp³-hybridized carbons (Fsp3) is 0.417.